The summed E-state index contributed by atoms with van der Waals surface area (Å²) in [6, 6.07) is 5.67. The quantitative estimate of drug-likeness (QED) is 0.681. The highest BCUT2D eigenvalue weighted by Gasteiger charge is 2.35. The number of carbonyl (C=O) groups is 2. The van der Waals surface area contributed by atoms with Gasteiger partial charge in [-0.2, -0.15) is 0 Å². The lowest BCUT2D eigenvalue weighted by molar-refractivity contribution is -0.141. The van der Waals surface area contributed by atoms with Crippen LogP contribution < -0.4 is 4.72 Å². The van der Waals surface area contributed by atoms with Crippen molar-refractivity contribution in [3.8, 4) is 0 Å². The highest BCUT2D eigenvalue weighted by Crippen LogP contribution is 2.29. The Bertz CT molecular complexity index is 756. The molecule has 0 spiro atoms. The van der Waals surface area contributed by atoms with Crippen molar-refractivity contribution in [2.24, 2.45) is 5.92 Å². The first-order valence-corrected chi connectivity index (χ1v) is 10.3. The Labute approximate surface area is 154 Å². The number of carboxylic acid groups (broad SMARTS) is 1. The van der Waals surface area contributed by atoms with Crippen LogP contribution in [0.4, 0.5) is 0 Å². The van der Waals surface area contributed by atoms with Gasteiger partial charge in [0.25, 0.3) is 5.91 Å². The molecule has 0 aliphatic heterocycles. The zero-order valence-electron chi connectivity index (χ0n) is 15.3. The number of aliphatic carboxylic acids is 1. The van der Waals surface area contributed by atoms with Gasteiger partial charge in [-0.3, -0.25) is 9.59 Å². The lowest BCUT2D eigenvalue weighted by Crippen LogP contribution is -2.38. The minimum atomic E-state index is -3.62. The van der Waals surface area contributed by atoms with Crippen molar-refractivity contribution in [1.29, 1.82) is 0 Å². The molecule has 1 amide bonds. The second kappa shape index (κ2) is 8.18. The van der Waals surface area contributed by atoms with Crippen LogP contribution in [0.1, 0.15) is 50.4 Å². The number of hydrogen-bond acceptors (Lipinski definition) is 4. The van der Waals surface area contributed by atoms with Crippen molar-refractivity contribution < 1.29 is 23.1 Å². The Hall–Kier alpha value is -1.93. The molecule has 2 atom stereocenters. The Balaban J connectivity index is 2.15. The van der Waals surface area contributed by atoms with Crippen LogP contribution in [0.25, 0.3) is 0 Å². The van der Waals surface area contributed by atoms with Gasteiger partial charge in [0.05, 0.1) is 10.8 Å². The molecule has 1 aromatic carbocycles. The first-order chi connectivity index (χ1) is 12.2. The summed E-state index contributed by atoms with van der Waals surface area (Å²) >= 11 is 0. The fourth-order valence-electron chi connectivity index (χ4n) is 2.52. The summed E-state index contributed by atoms with van der Waals surface area (Å²) in [7, 11) is -3.62. The molecular weight excluding hydrogens is 356 g/mol. The maximum atomic E-state index is 12.7. The van der Waals surface area contributed by atoms with Crippen LogP contribution in [0.5, 0.6) is 0 Å². The van der Waals surface area contributed by atoms with E-state index >= 15 is 0 Å². The first-order valence-electron chi connectivity index (χ1n) is 8.81. The van der Waals surface area contributed by atoms with E-state index in [2.05, 4.69) is 4.72 Å². The maximum Gasteiger partial charge on any atom is 0.308 e. The number of carboxylic acids is 1. The number of benzene rings is 1. The molecule has 26 heavy (non-hydrogen) atoms. The Morgan fingerprint density at radius 3 is 2.27 bits per heavy atom. The molecule has 1 aliphatic rings. The second-order valence-corrected chi connectivity index (χ2v) is 8.60. The van der Waals surface area contributed by atoms with Crippen LogP contribution in [-0.2, 0) is 14.8 Å². The molecule has 0 radical (unpaired) electrons. The molecular formula is C18H26N2O5S. The summed E-state index contributed by atoms with van der Waals surface area (Å²) < 4.78 is 27.1. The molecule has 7 nitrogen and oxygen atoms in total. The number of hydrogen-bond donors (Lipinski definition) is 2. The zero-order valence-corrected chi connectivity index (χ0v) is 16.1. The van der Waals surface area contributed by atoms with Gasteiger partial charge in [0.2, 0.25) is 10.0 Å². The average molecular weight is 382 g/mol. The van der Waals surface area contributed by atoms with Crippen LogP contribution >= 0.6 is 0 Å². The zero-order chi connectivity index (χ0) is 19.5. The van der Waals surface area contributed by atoms with Gasteiger partial charge in [0, 0.05) is 24.2 Å². The SMILES string of the molecule is CCC(C)NS(=O)(=O)c1ccc(C(=O)N(CC(C)C(=O)O)C2CC2)cc1. The molecule has 2 rings (SSSR count). The molecule has 0 bridgehead atoms. The van der Waals surface area contributed by atoms with Gasteiger partial charge in [-0.1, -0.05) is 13.8 Å². The van der Waals surface area contributed by atoms with Gasteiger partial charge in [-0.25, -0.2) is 13.1 Å². The standard InChI is InChI=1S/C18H26N2O5S/c1-4-13(3)19-26(24,25)16-9-5-14(6-10-16)17(21)20(15-7-8-15)11-12(2)18(22)23/h5-6,9-10,12-13,15,19H,4,7-8,11H2,1-3H3,(H,22,23). The summed E-state index contributed by atoms with van der Waals surface area (Å²) in [5, 5.41) is 9.09. The number of amides is 1. The van der Waals surface area contributed by atoms with Crippen molar-refractivity contribution in [2.75, 3.05) is 6.54 Å². The molecule has 1 saturated carbocycles. The van der Waals surface area contributed by atoms with Crippen molar-refractivity contribution in [2.45, 2.75) is 57.0 Å². The van der Waals surface area contributed by atoms with E-state index < -0.39 is 21.9 Å². The molecule has 2 N–H and O–H groups in total. The van der Waals surface area contributed by atoms with Gasteiger partial charge in [0.1, 0.15) is 0 Å². The molecule has 0 saturated heterocycles. The van der Waals surface area contributed by atoms with E-state index in [1.54, 1.807) is 18.7 Å². The largest absolute Gasteiger partial charge is 0.481 e. The molecule has 1 aromatic rings. The normalized spacial score (nSPS) is 16.7. The summed E-state index contributed by atoms with van der Waals surface area (Å²) in [4.78, 5) is 25.5. The first kappa shape index (κ1) is 20.4. The van der Waals surface area contributed by atoms with Gasteiger partial charge in [-0.15, -0.1) is 0 Å². The minimum Gasteiger partial charge on any atom is -0.481 e. The number of sulfonamides is 1. The van der Waals surface area contributed by atoms with E-state index in [4.69, 9.17) is 5.11 Å². The topological polar surface area (TPSA) is 104 Å². The van der Waals surface area contributed by atoms with Crippen molar-refractivity contribution in [3.63, 3.8) is 0 Å². The minimum absolute atomic E-state index is 0.0692. The molecule has 0 aromatic heterocycles. The van der Waals surface area contributed by atoms with Gasteiger partial charge in [0.15, 0.2) is 0 Å². The summed E-state index contributed by atoms with van der Waals surface area (Å²) in [6.07, 6.45) is 2.40. The monoisotopic (exact) mass is 382 g/mol. The Morgan fingerprint density at radius 2 is 1.81 bits per heavy atom. The van der Waals surface area contributed by atoms with Gasteiger partial charge < -0.3 is 10.0 Å². The van der Waals surface area contributed by atoms with Crippen LogP contribution in [0.2, 0.25) is 0 Å². The molecule has 8 heteroatoms. The average Bonchev–Trinajstić information content (AvgIpc) is 3.43. The lowest BCUT2D eigenvalue weighted by Gasteiger charge is -2.24. The van der Waals surface area contributed by atoms with E-state index in [1.165, 1.54) is 24.3 Å². The third kappa shape index (κ3) is 5.04. The van der Waals surface area contributed by atoms with E-state index in [9.17, 15) is 18.0 Å². The molecule has 2 unspecified atom stereocenters. The van der Waals surface area contributed by atoms with Crippen LogP contribution in [-0.4, -0.2) is 48.9 Å². The van der Waals surface area contributed by atoms with E-state index in [0.717, 1.165) is 12.8 Å². The van der Waals surface area contributed by atoms with E-state index in [-0.39, 0.29) is 29.4 Å². The number of nitrogens with one attached hydrogen (secondary N) is 1. The predicted molar refractivity (Wildman–Crippen MR) is 97.4 cm³/mol. The van der Waals surface area contributed by atoms with Crippen LogP contribution in [0.15, 0.2) is 29.2 Å². The third-order valence-electron chi connectivity index (χ3n) is 4.52. The van der Waals surface area contributed by atoms with Gasteiger partial charge in [-0.05, 0) is 50.5 Å². The number of carbonyl (C=O) groups excluding carboxylic acids is 1. The van der Waals surface area contributed by atoms with Crippen molar-refractivity contribution in [1.82, 2.24) is 9.62 Å². The fraction of sp³-hybridized carbons (Fsp3) is 0.556. The highest BCUT2D eigenvalue weighted by molar-refractivity contribution is 7.89. The smallest absolute Gasteiger partial charge is 0.308 e. The Morgan fingerprint density at radius 1 is 1.23 bits per heavy atom. The highest BCUT2D eigenvalue weighted by atomic mass is 32.2. The molecule has 1 fully saturated rings. The second-order valence-electron chi connectivity index (χ2n) is 6.88. The molecule has 1 aliphatic carbocycles. The summed E-state index contributed by atoms with van der Waals surface area (Å²) in [5.74, 6) is -1.86. The van der Waals surface area contributed by atoms with Crippen molar-refractivity contribution >= 4 is 21.9 Å². The Kier molecular flexibility index (Phi) is 6.41. The predicted octanol–water partition coefficient (Wildman–Crippen LogP) is 2.09. The number of nitrogens with zero attached hydrogens (tertiary/aromatic N) is 1. The molecule has 144 valence electrons. The summed E-state index contributed by atoms with van der Waals surface area (Å²) in [5.41, 5.74) is 0.358. The number of rotatable bonds is 9. The maximum absolute atomic E-state index is 12.7. The lowest BCUT2D eigenvalue weighted by atomic mass is 10.1. The van der Waals surface area contributed by atoms with E-state index in [0.29, 0.717) is 12.0 Å². The summed E-state index contributed by atoms with van der Waals surface area (Å²) in [6.45, 7) is 5.39. The van der Waals surface area contributed by atoms with Gasteiger partial charge >= 0.3 is 5.97 Å². The van der Waals surface area contributed by atoms with E-state index in [1.807, 2.05) is 6.92 Å². The third-order valence-corrected chi connectivity index (χ3v) is 6.13. The van der Waals surface area contributed by atoms with Crippen LogP contribution in [0.3, 0.4) is 0 Å². The van der Waals surface area contributed by atoms with Crippen molar-refractivity contribution in [3.05, 3.63) is 29.8 Å². The molecule has 0 heterocycles. The fourth-order valence-corrected chi connectivity index (χ4v) is 3.84. The van der Waals surface area contributed by atoms with Crippen LogP contribution in [0, 0.1) is 5.92 Å².